The summed E-state index contributed by atoms with van der Waals surface area (Å²) in [6.45, 7) is -0.208. The number of hydrogen-bond donors (Lipinski definition) is 3. The van der Waals surface area contributed by atoms with E-state index in [2.05, 4.69) is 15.8 Å². The van der Waals surface area contributed by atoms with Gasteiger partial charge in [-0.3, -0.25) is 9.59 Å². The number of phenolic OH excluding ortho intramolecular Hbond substituents is 1. The van der Waals surface area contributed by atoms with E-state index in [1.54, 1.807) is 30.3 Å². The van der Waals surface area contributed by atoms with Crippen LogP contribution >= 0.6 is 0 Å². The lowest BCUT2D eigenvalue weighted by molar-refractivity contribution is -0.120. The van der Waals surface area contributed by atoms with Gasteiger partial charge in [-0.05, 0) is 29.0 Å². The first-order valence-corrected chi connectivity index (χ1v) is 8.01. The molecule has 0 saturated carbocycles. The molecule has 26 heavy (non-hydrogen) atoms. The maximum atomic E-state index is 12.3. The van der Waals surface area contributed by atoms with Gasteiger partial charge in [0.2, 0.25) is 0 Å². The van der Waals surface area contributed by atoms with Gasteiger partial charge in [0, 0.05) is 11.1 Å². The Kier molecular flexibility index (Phi) is 5.24. The zero-order valence-corrected chi connectivity index (χ0v) is 13.8. The highest BCUT2D eigenvalue weighted by molar-refractivity contribution is 6.07. The van der Waals surface area contributed by atoms with E-state index in [1.165, 1.54) is 12.3 Å². The predicted octanol–water partition coefficient (Wildman–Crippen LogP) is 2.43. The zero-order chi connectivity index (χ0) is 18.4. The highest BCUT2D eigenvalue weighted by Crippen LogP contribution is 2.18. The van der Waals surface area contributed by atoms with E-state index in [0.29, 0.717) is 11.1 Å². The number of carbonyl (C=O) groups is 2. The number of phenols is 1. The van der Waals surface area contributed by atoms with E-state index >= 15 is 0 Å². The molecule has 3 aromatic rings. The van der Waals surface area contributed by atoms with Gasteiger partial charge in [-0.15, -0.1) is 0 Å². The van der Waals surface area contributed by atoms with E-state index in [-0.39, 0.29) is 18.2 Å². The molecule has 6 heteroatoms. The van der Waals surface area contributed by atoms with E-state index in [9.17, 15) is 14.7 Å². The van der Waals surface area contributed by atoms with Crippen LogP contribution in [0.1, 0.15) is 15.9 Å². The fraction of sp³-hybridized carbons (Fsp3) is 0.0500. The van der Waals surface area contributed by atoms with Crippen molar-refractivity contribution in [3.63, 3.8) is 0 Å². The predicted molar refractivity (Wildman–Crippen MR) is 100 cm³/mol. The summed E-state index contributed by atoms with van der Waals surface area (Å²) in [4.78, 5) is 24.2. The van der Waals surface area contributed by atoms with Crippen molar-refractivity contribution in [1.82, 2.24) is 10.7 Å². The van der Waals surface area contributed by atoms with Crippen LogP contribution in [0.3, 0.4) is 0 Å². The third kappa shape index (κ3) is 4.05. The molecule has 3 N–H and O–H groups in total. The molecule has 0 fully saturated rings. The Balaban J connectivity index is 1.57. The van der Waals surface area contributed by atoms with E-state index in [0.717, 1.165) is 10.8 Å². The lowest BCUT2D eigenvalue weighted by Crippen LogP contribution is -2.35. The molecule has 0 spiro atoms. The summed E-state index contributed by atoms with van der Waals surface area (Å²) in [5, 5.41) is 17.7. The topological polar surface area (TPSA) is 90.8 Å². The SMILES string of the molecule is O=C(CNC(=O)c1cccc2ccccc12)N/N=C\c1ccccc1O. The van der Waals surface area contributed by atoms with Crippen molar-refractivity contribution in [2.75, 3.05) is 6.54 Å². The second-order valence-corrected chi connectivity index (χ2v) is 5.56. The van der Waals surface area contributed by atoms with Crippen LogP contribution in [0.15, 0.2) is 71.8 Å². The molecule has 0 aliphatic rings. The van der Waals surface area contributed by atoms with E-state index in [4.69, 9.17) is 0 Å². The Hall–Kier alpha value is -3.67. The molecule has 3 rings (SSSR count). The van der Waals surface area contributed by atoms with Crippen LogP contribution in [-0.2, 0) is 4.79 Å². The molecule has 6 nitrogen and oxygen atoms in total. The summed E-state index contributed by atoms with van der Waals surface area (Å²) in [5.41, 5.74) is 3.29. The smallest absolute Gasteiger partial charge is 0.259 e. The van der Waals surface area contributed by atoms with Gasteiger partial charge in [0.25, 0.3) is 11.8 Å². The molecule has 0 aliphatic heterocycles. The third-order valence-corrected chi connectivity index (χ3v) is 3.77. The number of fused-ring (bicyclic) bond motifs is 1. The second-order valence-electron chi connectivity index (χ2n) is 5.56. The first kappa shape index (κ1) is 17.2. The molecule has 0 bridgehead atoms. The maximum absolute atomic E-state index is 12.3. The van der Waals surface area contributed by atoms with Crippen LogP contribution in [0.25, 0.3) is 10.8 Å². The van der Waals surface area contributed by atoms with Crippen LogP contribution in [-0.4, -0.2) is 29.7 Å². The number of nitrogens with one attached hydrogen (secondary N) is 2. The van der Waals surface area contributed by atoms with Crippen molar-refractivity contribution in [3.05, 3.63) is 77.9 Å². The van der Waals surface area contributed by atoms with Gasteiger partial charge in [0.1, 0.15) is 5.75 Å². The number of aromatic hydroxyl groups is 1. The van der Waals surface area contributed by atoms with Crippen LogP contribution < -0.4 is 10.7 Å². The van der Waals surface area contributed by atoms with Gasteiger partial charge >= 0.3 is 0 Å². The monoisotopic (exact) mass is 347 g/mol. The summed E-state index contributed by atoms with van der Waals surface area (Å²) in [5.74, 6) is -0.735. The quantitative estimate of drug-likeness (QED) is 0.489. The molecule has 0 atom stereocenters. The first-order chi connectivity index (χ1) is 12.6. The number of hydrogen-bond acceptors (Lipinski definition) is 4. The zero-order valence-electron chi connectivity index (χ0n) is 13.8. The minimum atomic E-state index is -0.467. The highest BCUT2D eigenvalue weighted by Gasteiger charge is 2.10. The van der Waals surface area contributed by atoms with Crippen molar-refractivity contribution in [3.8, 4) is 5.75 Å². The molecular weight excluding hydrogens is 330 g/mol. The van der Waals surface area contributed by atoms with Gasteiger partial charge in [-0.25, -0.2) is 5.43 Å². The standard InChI is InChI=1S/C20H17N3O3/c24-18-11-4-2-7-15(18)12-22-23-19(25)13-21-20(26)17-10-5-8-14-6-1-3-9-16(14)17/h1-12,24H,13H2,(H,21,26)(H,23,25)/b22-12-. The average Bonchev–Trinajstić information content (AvgIpc) is 2.67. The third-order valence-electron chi connectivity index (χ3n) is 3.77. The van der Waals surface area contributed by atoms with Gasteiger partial charge in [-0.2, -0.15) is 5.10 Å². The highest BCUT2D eigenvalue weighted by atomic mass is 16.3. The van der Waals surface area contributed by atoms with Crippen molar-refractivity contribution < 1.29 is 14.7 Å². The van der Waals surface area contributed by atoms with Crippen LogP contribution in [0.4, 0.5) is 0 Å². The first-order valence-electron chi connectivity index (χ1n) is 8.01. The van der Waals surface area contributed by atoms with Gasteiger partial charge in [-0.1, -0.05) is 48.5 Å². The van der Waals surface area contributed by atoms with Crippen LogP contribution in [0.5, 0.6) is 5.75 Å². The Labute approximate surface area is 150 Å². The van der Waals surface area contributed by atoms with Gasteiger partial charge in [0.05, 0.1) is 12.8 Å². The number of nitrogens with zero attached hydrogens (tertiary/aromatic N) is 1. The summed E-state index contributed by atoms with van der Waals surface area (Å²) in [7, 11) is 0. The summed E-state index contributed by atoms with van der Waals surface area (Å²) in [6, 6.07) is 19.6. The average molecular weight is 347 g/mol. The molecule has 0 aliphatic carbocycles. The van der Waals surface area contributed by atoms with Crippen LogP contribution in [0.2, 0.25) is 0 Å². The fourth-order valence-electron chi connectivity index (χ4n) is 2.49. The maximum Gasteiger partial charge on any atom is 0.259 e. The molecule has 0 heterocycles. The lowest BCUT2D eigenvalue weighted by atomic mass is 10.0. The molecule has 130 valence electrons. The number of benzene rings is 3. The largest absolute Gasteiger partial charge is 0.507 e. The molecular formula is C20H17N3O3. The molecule has 0 unspecified atom stereocenters. The Morgan fingerprint density at radius 1 is 0.962 bits per heavy atom. The van der Waals surface area contributed by atoms with E-state index in [1.807, 2.05) is 30.3 Å². The van der Waals surface area contributed by atoms with E-state index < -0.39 is 5.91 Å². The number of amides is 2. The molecule has 2 amide bonds. The number of carbonyl (C=O) groups excluding carboxylic acids is 2. The summed E-state index contributed by atoms with van der Waals surface area (Å²) < 4.78 is 0. The fourth-order valence-corrected chi connectivity index (χ4v) is 2.49. The normalized spacial score (nSPS) is 10.8. The van der Waals surface area contributed by atoms with Crippen molar-refractivity contribution in [2.45, 2.75) is 0 Å². The minimum Gasteiger partial charge on any atom is -0.507 e. The number of rotatable bonds is 5. The number of para-hydroxylation sites is 1. The molecule has 3 aromatic carbocycles. The minimum absolute atomic E-state index is 0.0646. The van der Waals surface area contributed by atoms with Crippen LogP contribution in [0, 0.1) is 0 Å². The van der Waals surface area contributed by atoms with Gasteiger partial charge < -0.3 is 10.4 Å². The van der Waals surface area contributed by atoms with Crippen molar-refractivity contribution in [2.24, 2.45) is 5.10 Å². The molecule has 0 aromatic heterocycles. The second kappa shape index (κ2) is 7.94. The Morgan fingerprint density at radius 2 is 1.69 bits per heavy atom. The lowest BCUT2D eigenvalue weighted by Gasteiger charge is -2.07. The van der Waals surface area contributed by atoms with Crippen molar-refractivity contribution >= 4 is 28.8 Å². The summed E-state index contributed by atoms with van der Waals surface area (Å²) >= 11 is 0. The molecule has 0 saturated heterocycles. The van der Waals surface area contributed by atoms with Gasteiger partial charge in [0.15, 0.2) is 0 Å². The Bertz CT molecular complexity index is 977. The van der Waals surface area contributed by atoms with Crippen molar-refractivity contribution in [1.29, 1.82) is 0 Å². The number of hydrazone groups is 1. The molecule has 0 radical (unpaired) electrons. The summed E-state index contributed by atoms with van der Waals surface area (Å²) in [6.07, 6.45) is 1.33. The Morgan fingerprint density at radius 3 is 2.54 bits per heavy atom.